The number of anilines is 1. The molecular formula is C22H25FN4. The van der Waals surface area contributed by atoms with Crippen LogP contribution in [0.25, 0.3) is 11.3 Å². The largest absolute Gasteiger partial charge is 0.381 e. The highest BCUT2D eigenvalue weighted by molar-refractivity contribution is 5.62. The average Bonchev–Trinajstić information content (AvgIpc) is 3.05. The molecule has 0 saturated carbocycles. The molecular weight excluding hydrogens is 339 g/mol. The Hall–Kier alpha value is -2.66. The summed E-state index contributed by atoms with van der Waals surface area (Å²) < 4.78 is 15.0. The van der Waals surface area contributed by atoms with Gasteiger partial charge in [-0.25, -0.2) is 4.39 Å². The zero-order valence-corrected chi connectivity index (χ0v) is 15.6. The smallest absolute Gasteiger partial charge is 0.123 e. The van der Waals surface area contributed by atoms with Gasteiger partial charge in [-0.05, 0) is 43.7 Å². The molecule has 2 aromatic carbocycles. The maximum absolute atomic E-state index is 13.1. The number of aromatic nitrogens is 2. The zero-order valence-electron chi connectivity index (χ0n) is 15.6. The molecule has 1 aromatic heterocycles. The third-order valence-electron chi connectivity index (χ3n) is 5.07. The van der Waals surface area contributed by atoms with Crippen LogP contribution in [0.5, 0.6) is 0 Å². The summed E-state index contributed by atoms with van der Waals surface area (Å²) in [5, 5.41) is 8.23. The van der Waals surface area contributed by atoms with Crippen molar-refractivity contribution in [2.24, 2.45) is 7.05 Å². The van der Waals surface area contributed by atoms with Gasteiger partial charge in [0.05, 0.1) is 5.69 Å². The van der Waals surface area contributed by atoms with Crippen LogP contribution in [0.3, 0.4) is 0 Å². The molecule has 0 amide bonds. The number of aryl methyl sites for hydroxylation is 1. The fourth-order valence-corrected chi connectivity index (χ4v) is 3.83. The van der Waals surface area contributed by atoms with Crippen molar-refractivity contribution in [1.29, 1.82) is 0 Å². The molecule has 1 aliphatic rings. The average molecular weight is 364 g/mol. The molecule has 0 bridgehead atoms. The monoisotopic (exact) mass is 364 g/mol. The van der Waals surface area contributed by atoms with Crippen molar-refractivity contribution in [3.8, 4) is 11.3 Å². The van der Waals surface area contributed by atoms with E-state index in [-0.39, 0.29) is 5.82 Å². The maximum Gasteiger partial charge on any atom is 0.123 e. The van der Waals surface area contributed by atoms with Crippen LogP contribution in [-0.2, 0) is 13.6 Å². The van der Waals surface area contributed by atoms with E-state index < -0.39 is 0 Å². The van der Waals surface area contributed by atoms with Crippen molar-refractivity contribution in [3.05, 3.63) is 72.2 Å². The lowest BCUT2D eigenvalue weighted by Crippen LogP contribution is -2.41. The van der Waals surface area contributed by atoms with Crippen LogP contribution in [0.2, 0.25) is 0 Å². The Labute approximate surface area is 159 Å². The lowest BCUT2D eigenvalue weighted by atomic mass is 10.0. The number of hydrogen-bond acceptors (Lipinski definition) is 3. The fraction of sp³-hybridized carbons (Fsp3) is 0.318. The van der Waals surface area contributed by atoms with E-state index in [2.05, 4.69) is 45.8 Å². The number of likely N-dealkylation sites (tertiary alicyclic amines) is 1. The second-order valence-electron chi connectivity index (χ2n) is 7.27. The van der Waals surface area contributed by atoms with Crippen LogP contribution in [0.1, 0.15) is 18.4 Å². The van der Waals surface area contributed by atoms with Gasteiger partial charge >= 0.3 is 0 Å². The number of rotatable bonds is 5. The molecule has 4 nitrogen and oxygen atoms in total. The minimum Gasteiger partial charge on any atom is -0.381 e. The summed E-state index contributed by atoms with van der Waals surface area (Å²) >= 11 is 0. The normalized spacial score (nSPS) is 17.8. The number of benzene rings is 2. The van der Waals surface area contributed by atoms with Gasteiger partial charge < -0.3 is 5.32 Å². The minimum atomic E-state index is -0.198. The SMILES string of the molecule is Cn1cc(CN2CCCC(Nc3ccc(F)cc3)C2)c(-c2ccccc2)n1. The van der Waals surface area contributed by atoms with Crippen molar-refractivity contribution in [2.75, 3.05) is 18.4 Å². The summed E-state index contributed by atoms with van der Waals surface area (Å²) in [6, 6.07) is 17.4. The van der Waals surface area contributed by atoms with Gasteiger partial charge in [-0.15, -0.1) is 0 Å². The first-order chi connectivity index (χ1) is 13.2. The van der Waals surface area contributed by atoms with Crippen LogP contribution in [0.4, 0.5) is 10.1 Å². The lowest BCUT2D eigenvalue weighted by Gasteiger charge is -2.33. The first-order valence-electron chi connectivity index (χ1n) is 9.50. The van der Waals surface area contributed by atoms with Crippen molar-refractivity contribution >= 4 is 5.69 Å². The molecule has 1 atom stereocenters. The van der Waals surface area contributed by atoms with Crippen molar-refractivity contribution in [2.45, 2.75) is 25.4 Å². The molecule has 1 unspecified atom stereocenters. The predicted octanol–water partition coefficient (Wildman–Crippen LogP) is 4.30. The summed E-state index contributed by atoms with van der Waals surface area (Å²) in [6.07, 6.45) is 4.41. The Morgan fingerprint density at radius 3 is 2.67 bits per heavy atom. The number of halogens is 1. The van der Waals surface area contributed by atoms with Gasteiger partial charge in [0.15, 0.2) is 0 Å². The van der Waals surface area contributed by atoms with Gasteiger partial charge in [-0.3, -0.25) is 9.58 Å². The van der Waals surface area contributed by atoms with Crippen LogP contribution in [0.15, 0.2) is 60.8 Å². The van der Waals surface area contributed by atoms with Crippen molar-refractivity contribution < 1.29 is 4.39 Å². The van der Waals surface area contributed by atoms with E-state index in [4.69, 9.17) is 0 Å². The maximum atomic E-state index is 13.1. The van der Waals surface area contributed by atoms with E-state index in [9.17, 15) is 4.39 Å². The van der Waals surface area contributed by atoms with E-state index in [0.717, 1.165) is 49.4 Å². The second kappa shape index (κ2) is 7.92. The van der Waals surface area contributed by atoms with Gasteiger partial charge in [0.25, 0.3) is 0 Å². The number of nitrogens with one attached hydrogen (secondary N) is 1. The van der Waals surface area contributed by atoms with Crippen molar-refractivity contribution in [1.82, 2.24) is 14.7 Å². The number of nitrogens with zero attached hydrogens (tertiary/aromatic N) is 3. The molecule has 1 fully saturated rings. The molecule has 140 valence electrons. The van der Waals surface area contributed by atoms with Gasteiger partial charge in [-0.2, -0.15) is 5.10 Å². The van der Waals surface area contributed by atoms with Gasteiger partial charge in [0.2, 0.25) is 0 Å². The Morgan fingerprint density at radius 2 is 1.89 bits per heavy atom. The molecule has 0 aliphatic carbocycles. The molecule has 2 heterocycles. The predicted molar refractivity (Wildman–Crippen MR) is 107 cm³/mol. The van der Waals surface area contributed by atoms with Crippen molar-refractivity contribution in [3.63, 3.8) is 0 Å². The van der Waals surface area contributed by atoms with Crippen LogP contribution in [0, 0.1) is 5.82 Å². The first-order valence-corrected chi connectivity index (χ1v) is 9.50. The van der Waals surface area contributed by atoms with E-state index in [0.29, 0.717) is 6.04 Å². The van der Waals surface area contributed by atoms with Crippen LogP contribution < -0.4 is 5.32 Å². The van der Waals surface area contributed by atoms with Gasteiger partial charge in [0.1, 0.15) is 5.82 Å². The standard InChI is InChI=1S/C22H25FN4/c1-26-14-18(22(25-26)17-6-3-2-4-7-17)15-27-13-5-8-21(16-27)24-20-11-9-19(23)10-12-20/h2-4,6-7,9-12,14,21,24H,5,8,13,15-16H2,1H3. The molecule has 1 aliphatic heterocycles. The van der Waals surface area contributed by atoms with E-state index >= 15 is 0 Å². The zero-order chi connectivity index (χ0) is 18.6. The molecule has 0 radical (unpaired) electrons. The number of hydrogen-bond donors (Lipinski definition) is 1. The van der Waals surface area contributed by atoms with E-state index in [1.165, 1.54) is 17.7 Å². The third-order valence-corrected chi connectivity index (χ3v) is 5.07. The first kappa shape index (κ1) is 17.7. The highest BCUT2D eigenvalue weighted by atomic mass is 19.1. The molecule has 5 heteroatoms. The van der Waals surface area contributed by atoms with E-state index in [1.807, 2.05) is 29.9 Å². The summed E-state index contributed by atoms with van der Waals surface area (Å²) in [5.41, 5.74) is 4.46. The fourth-order valence-electron chi connectivity index (χ4n) is 3.83. The van der Waals surface area contributed by atoms with E-state index in [1.54, 1.807) is 0 Å². The summed E-state index contributed by atoms with van der Waals surface area (Å²) in [6.45, 7) is 2.95. The Morgan fingerprint density at radius 1 is 1.11 bits per heavy atom. The minimum absolute atomic E-state index is 0.198. The Bertz CT molecular complexity index is 873. The summed E-state index contributed by atoms with van der Waals surface area (Å²) in [7, 11) is 1.98. The van der Waals surface area contributed by atoms with Crippen LogP contribution >= 0.6 is 0 Å². The lowest BCUT2D eigenvalue weighted by molar-refractivity contribution is 0.209. The van der Waals surface area contributed by atoms with Gasteiger partial charge in [0, 0.05) is 49.2 Å². The molecule has 27 heavy (non-hydrogen) atoms. The second-order valence-corrected chi connectivity index (χ2v) is 7.27. The summed E-state index contributed by atoms with van der Waals surface area (Å²) in [5.74, 6) is -0.198. The molecule has 1 saturated heterocycles. The highest BCUT2D eigenvalue weighted by Gasteiger charge is 2.22. The Balaban J connectivity index is 1.45. The molecule has 1 N–H and O–H groups in total. The topological polar surface area (TPSA) is 33.1 Å². The Kier molecular flexibility index (Phi) is 5.21. The quantitative estimate of drug-likeness (QED) is 0.733. The molecule has 4 rings (SSSR count). The van der Waals surface area contributed by atoms with Gasteiger partial charge in [-0.1, -0.05) is 30.3 Å². The highest BCUT2D eigenvalue weighted by Crippen LogP contribution is 2.25. The molecule has 3 aromatic rings. The van der Waals surface area contributed by atoms with Crippen LogP contribution in [-0.4, -0.2) is 33.8 Å². The number of piperidine rings is 1. The third kappa shape index (κ3) is 4.37. The summed E-state index contributed by atoms with van der Waals surface area (Å²) in [4.78, 5) is 2.48. The molecule has 0 spiro atoms.